The fraction of sp³-hybridized carbons (Fsp3) is 0.222. The third-order valence-corrected chi connectivity index (χ3v) is 5.11. The van der Waals surface area contributed by atoms with E-state index in [-0.39, 0.29) is 0 Å². The van der Waals surface area contributed by atoms with Gasteiger partial charge < -0.3 is 5.32 Å². The van der Waals surface area contributed by atoms with Gasteiger partial charge >= 0.3 is 0 Å². The molecule has 0 aliphatic carbocycles. The van der Waals surface area contributed by atoms with Crippen molar-refractivity contribution in [2.24, 2.45) is 7.05 Å². The molecule has 3 nitrogen and oxygen atoms in total. The third kappa shape index (κ3) is 2.83. The first-order valence-electron chi connectivity index (χ1n) is 4.32. The summed E-state index contributed by atoms with van der Waals surface area (Å²) in [6, 6.07) is 4.06. The minimum atomic E-state index is 0.798. The molecule has 6 heteroatoms. The molecule has 0 aliphatic rings. The topological polar surface area (TPSA) is 29.9 Å². The van der Waals surface area contributed by atoms with E-state index in [1.807, 2.05) is 19.3 Å². The largest absolute Gasteiger partial charge is 0.364 e. The van der Waals surface area contributed by atoms with Crippen LogP contribution in [0, 0.1) is 0 Å². The van der Waals surface area contributed by atoms with Gasteiger partial charge in [-0.3, -0.25) is 4.68 Å². The van der Waals surface area contributed by atoms with Crippen molar-refractivity contribution in [1.29, 1.82) is 0 Å². The number of nitrogens with one attached hydrogen (secondary N) is 1. The second kappa shape index (κ2) is 4.67. The van der Waals surface area contributed by atoms with Crippen LogP contribution in [0.25, 0.3) is 0 Å². The molecule has 0 fully saturated rings. The highest BCUT2D eigenvalue weighted by Gasteiger charge is 2.04. The summed E-state index contributed by atoms with van der Waals surface area (Å²) in [5.74, 6) is 0.901. The van der Waals surface area contributed by atoms with Crippen LogP contribution in [0.1, 0.15) is 4.88 Å². The van der Waals surface area contributed by atoms with Crippen LogP contribution in [0.2, 0.25) is 0 Å². The van der Waals surface area contributed by atoms with Gasteiger partial charge in [0.05, 0.1) is 10.3 Å². The molecule has 0 amide bonds. The van der Waals surface area contributed by atoms with Crippen LogP contribution in [0.15, 0.2) is 26.6 Å². The molecule has 2 heterocycles. The number of nitrogens with zero attached hydrogens (tertiary/aromatic N) is 2. The highest BCUT2D eigenvalue weighted by molar-refractivity contribution is 9.13. The molecule has 15 heavy (non-hydrogen) atoms. The summed E-state index contributed by atoms with van der Waals surface area (Å²) in [5, 5.41) is 7.50. The first kappa shape index (κ1) is 11.2. The van der Waals surface area contributed by atoms with Crippen LogP contribution in [0.3, 0.4) is 0 Å². The molecule has 2 rings (SSSR count). The maximum Gasteiger partial charge on any atom is 0.148 e. The second-order valence-corrected chi connectivity index (χ2v) is 6.37. The summed E-state index contributed by atoms with van der Waals surface area (Å²) in [4.78, 5) is 1.26. The van der Waals surface area contributed by atoms with Crippen LogP contribution in [-0.2, 0) is 13.6 Å². The molecular formula is C9H9Br2N3S. The summed E-state index contributed by atoms with van der Waals surface area (Å²) < 4.78 is 4.01. The van der Waals surface area contributed by atoms with Gasteiger partial charge in [-0.2, -0.15) is 5.10 Å². The highest BCUT2D eigenvalue weighted by atomic mass is 79.9. The maximum absolute atomic E-state index is 4.24. The number of aryl methyl sites for hydroxylation is 1. The van der Waals surface area contributed by atoms with Crippen molar-refractivity contribution >= 4 is 49.0 Å². The number of thiophene rings is 1. The van der Waals surface area contributed by atoms with E-state index in [0.29, 0.717) is 0 Å². The number of halogens is 2. The molecule has 0 aliphatic heterocycles. The van der Waals surface area contributed by atoms with Gasteiger partial charge in [0.15, 0.2) is 0 Å². The molecule has 0 atom stereocenters. The van der Waals surface area contributed by atoms with Crippen molar-refractivity contribution in [2.75, 3.05) is 5.32 Å². The molecule has 1 N–H and O–H groups in total. The predicted molar refractivity (Wildman–Crippen MR) is 70.3 cm³/mol. The van der Waals surface area contributed by atoms with E-state index >= 15 is 0 Å². The van der Waals surface area contributed by atoms with Crippen molar-refractivity contribution in [3.8, 4) is 0 Å². The van der Waals surface area contributed by atoms with Crippen LogP contribution in [0.5, 0.6) is 0 Å². The molecule has 0 radical (unpaired) electrons. The maximum atomic E-state index is 4.24. The zero-order valence-electron chi connectivity index (χ0n) is 8.00. The van der Waals surface area contributed by atoms with Gasteiger partial charge in [0, 0.05) is 28.7 Å². The van der Waals surface area contributed by atoms with Gasteiger partial charge in [0.2, 0.25) is 0 Å². The van der Waals surface area contributed by atoms with Crippen molar-refractivity contribution in [1.82, 2.24) is 9.78 Å². The second-order valence-electron chi connectivity index (χ2n) is 3.06. The Balaban J connectivity index is 1.99. The first-order chi connectivity index (χ1) is 7.15. The Morgan fingerprint density at radius 3 is 2.87 bits per heavy atom. The average molecular weight is 351 g/mol. The molecular weight excluding hydrogens is 342 g/mol. The molecule has 0 unspecified atom stereocenters. The lowest BCUT2D eigenvalue weighted by Gasteiger charge is -1.98. The Morgan fingerprint density at radius 1 is 1.53 bits per heavy atom. The summed E-state index contributed by atoms with van der Waals surface area (Å²) in [6.45, 7) is 0.798. The molecule has 0 saturated carbocycles. The summed E-state index contributed by atoms with van der Waals surface area (Å²) >= 11 is 8.65. The van der Waals surface area contributed by atoms with E-state index in [1.165, 1.54) is 4.88 Å². The van der Waals surface area contributed by atoms with Crippen LogP contribution < -0.4 is 5.32 Å². The molecule has 0 spiro atoms. The molecule has 2 aromatic heterocycles. The Bertz CT molecular complexity index is 444. The van der Waals surface area contributed by atoms with Crippen molar-refractivity contribution in [3.63, 3.8) is 0 Å². The lowest BCUT2D eigenvalue weighted by molar-refractivity contribution is 0.768. The predicted octanol–water partition coefficient (Wildman–Crippen LogP) is 3.62. The quantitative estimate of drug-likeness (QED) is 0.916. The van der Waals surface area contributed by atoms with Gasteiger partial charge in [-0.15, -0.1) is 11.3 Å². The SMILES string of the molecule is Cn1ccc(NCc2cc(Br)c(Br)s2)n1. The zero-order chi connectivity index (χ0) is 10.8. The van der Waals surface area contributed by atoms with E-state index < -0.39 is 0 Å². The summed E-state index contributed by atoms with van der Waals surface area (Å²) in [7, 11) is 1.91. The Labute approximate surface area is 109 Å². The molecule has 0 saturated heterocycles. The van der Waals surface area contributed by atoms with Gasteiger partial charge in [0.1, 0.15) is 5.82 Å². The number of hydrogen-bond acceptors (Lipinski definition) is 3. The highest BCUT2D eigenvalue weighted by Crippen LogP contribution is 2.32. The number of rotatable bonds is 3. The smallest absolute Gasteiger partial charge is 0.148 e. The van der Waals surface area contributed by atoms with Gasteiger partial charge in [0.25, 0.3) is 0 Å². The van der Waals surface area contributed by atoms with Gasteiger partial charge in [-0.05, 0) is 37.9 Å². The Morgan fingerprint density at radius 2 is 2.33 bits per heavy atom. The molecule has 2 aromatic rings. The van der Waals surface area contributed by atoms with Crippen molar-refractivity contribution in [2.45, 2.75) is 6.54 Å². The standard InChI is InChI=1S/C9H9Br2N3S/c1-14-3-2-8(13-14)12-5-6-4-7(10)9(11)15-6/h2-4H,5H2,1H3,(H,12,13). The van der Waals surface area contributed by atoms with E-state index in [0.717, 1.165) is 20.6 Å². The minimum Gasteiger partial charge on any atom is -0.364 e. The molecule has 0 aromatic carbocycles. The number of hydrogen-bond donors (Lipinski definition) is 1. The van der Waals surface area contributed by atoms with Crippen molar-refractivity contribution in [3.05, 3.63) is 31.5 Å². The van der Waals surface area contributed by atoms with Crippen LogP contribution >= 0.6 is 43.2 Å². The normalized spacial score (nSPS) is 10.6. The van der Waals surface area contributed by atoms with Crippen LogP contribution in [0.4, 0.5) is 5.82 Å². The lowest BCUT2D eigenvalue weighted by atomic mass is 10.4. The minimum absolute atomic E-state index is 0.798. The third-order valence-electron chi connectivity index (χ3n) is 1.85. The van der Waals surface area contributed by atoms with Crippen molar-refractivity contribution < 1.29 is 0 Å². The Hall–Kier alpha value is -0.330. The summed E-state index contributed by atoms with van der Waals surface area (Å²) in [5.41, 5.74) is 0. The number of anilines is 1. The summed E-state index contributed by atoms with van der Waals surface area (Å²) in [6.07, 6.45) is 1.92. The average Bonchev–Trinajstić information content (AvgIpc) is 2.72. The van der Waals surface area contributed by atoms with Gasteiger partial charge in [-0.1, -0.05) is 0 Å². The fourth-order valence-corrected chi connectivity index (χ4v) is 3.28. The Kier molecular flexibility index (Phi) is 3.48. The lowest BCUT2D eigenvalue weighted by Crippen LogP contribution is -1.98. The van der Waals surface area contributed by atoms with E-state index in [2.05, 4.69) is 48.3 Å². The van der Waals surface area contributed by atoms with E-state index in [4.69, 9.17) is 0 Å². The van der Waals surface area contributed by atoms with Gasteiger partial charge in [-0.25, -0.2) is 0 Å². The first-order valence-corrected chi connectivity index (χ1v) is 6.72. The van der Waals surface area contributed by atoms with E-state index in [1.54, 1.807) is 16.0 Å². The zero-order valence-corrected chi connectivity index (χ0v) is 12.0. The number of aromatic nitrogens is 2. The van der Waals surface area contributed by atoms with E-state index in [9.17, 15) is 0 Å². The molecule has 0 bridgehead atoms. The molecule has 80 valence electrons. The monoisotopic (exact) mass is 349 g/mol. The fourth-order valence-electron chi connectivity index (χ4n) is 1.17. The van der Waals surface area contributed by atoms with Crippen LogP contribution in [-0.4, -0.2) is 9.78 Å².